The monoisotopic (exact) mass is 1530 g/mol. The summed E-state index contributed by atoms with van der Waals surface area (Å²) in [6.07, 6.45) is 1.33. The fourth-order valence-corrected chi connectivity index (χ4v) is 16.4. The average Bonchev–Trinajstić information content (AvgIpc) is 0.763. The number of carbonyl (C=O) groups excluding carboxylic acids is 7. The van der Waals surface area contributed by atoms with Crippen molar-refractivity contribution in [2.75, 3.05) is 125 Å². The van der Waals surface area contributed by atoms with Crippen LogP contribution in [0.4, 0.5) is 4.79 Å². The molecule has 0 saturated heterocycles. The van der Waals surface area contributed by atoms with E-state index in [2.05, 4.69) is 15.1 Å². The van der Waals surface area contributed by atoms with Crippen molar-refractivity contribution < 1.29 is 101 Å². The zero-order chi connectivity index (χ0) is 77.1. The fraction of sp³-hybridized carbons (Fsp3) is 0.778. The Balaban J connectivity index is 4.35. The number of esters is 5. The van der Waals surface area contributed by atoms with Crippen LogP contribution in [-0.2, 0) is 85.7 Å². The molecule has 1 rings (SSSR count). The Labute approximate surface area is 627 Å². The smallest absolute Gasteiger partial charge is 0.407 e. The quantitative estimate of drug-likeness (QED) is 0.0136. The number of unbranched alkanes of at least 4 members (excludes halogenated alkanes) is 1. The molecule has 7 unspecified atom stereocenters. The van der Waals surface area contributed by atoms with E-state index in [-0.39, 0.29) is 156 Å². The number of thioether (sulfide) groups is 2. The number of amides is 1. The van der Waals surface area contributed by atoms with Crippen molar-refractivity contribution >= 4 is 115 Å². The molecule has 30 heteroatoms. The largest absolute Gasteiger partial charge is 0.481 e. The van der Waals surface area contributed by atoms with Gasteiger partial charge in [-0.2, -0.15) is 0 Å². The first kappa shape index (κ1) is 95.2. The van der Waals surface area contributed by atoms with Gasteiger partial charge < -0.3 is 72.6 Å². The zero-order valence-corrected chi connectivity index (χ0v) is 67.3. The van der Waals surface area contributed by atoms with Gasteiger partial charge in [0, 0.05) is 71.4 Å². The summed E-state index contributed by atoms with van der Waals surface area (Å²) < 4.78 is 56.7. The molecule has 102 heavy (non-hydrogen) atoms. The van der Waals surface area contributed by atoms with E-state index < -0.39 is 110 Å². The van der Waals surface area contributed by atoms with Crippen LogP contribution in [0.2, 0.25) is 0 Å². The van der Waals surface area contributed by atoms with Crippen LogP contribution in [0.5, 0.6) is 0 Å². The van der Waals surface area contributed by atoms with Gasteiger partial charge in [-0.1, -0.05) is 74.5 Å². The highest BCUT2D eigenvalue weighted by molar-refractivity contribution is 8.76. The van der Waals surface area contributed by atoms with Crippen LogP contribution in [0.3, 0.4) is 0 Å². The Morgan fingerprint density at radius 3 is 1.69 bits per heavy atom. The summed E-state index contributed by atoms with van der Waals surface area (Å²) in [4.78, 5) is 137. The second-order valence-electron chi connectivity index (χ2n) is 28.4. The summed E-state index contributed by atoms with van der Waals surface area (Å²) in [6, 6.07) is 5.46. The van der Waals surface area contributed by atoms with Gasteiger partial charge in [-0.15, -0.1) is 11.8 Å². The number of aliphatic carboxylic acids is 2. The molecule has 25 nitrogen and oxygen atoms in total. The zero-order valence-electron chi connectivity index (χ0n) is 63.2. The summed E-state index contributed by atoms with van der Waals surface area (Å²) in [5, 5.41) is 23.2. The van der Waals surface area contributed by atoms with E-state index in [1.807, 2.05) is 37.8 Å². The number of likely N-dealkylation sites (N-methyl/N-ethyl adjacent to an activating group) is 1. The lowest BCUT2D eigenvalue weighted by atomic mass is 9.59. The molecule has 0 aliphatic carbocycles. The maximum absolute atomic E-state index is 15.6. The number of pyridine rings is 1. The number of carboxylic acid groups (broad SMARTS) is 2. The second kappa shape index (κ2) is 49.1. The van der Waals surface area contributed by atoms with E-state index in [9.17, 15) is 29.1 Å². The lowest BCUT2D eigenvalue weighted by Gasteiger charge is -2.44. The lowest BCUT2D eigenvalue weighted by molar-refractivity contribution is -0.175. The number of ketones is 1. The number of methoxy groups -OCH3 is 1. The molecular weight excluding hydrogens is 1420 g/mol. The van der Waals surface area contributed by atoms with Crippen LogP contribution >= 0.6 is 57.3 Å². The molecule has 1 aromatic heterocycles. The number of nitrogens with one attached hydrogen (secondary N) is 1. The maximum Gasteiger partial charge on any atom is 0.407 e. The van der Waals surface area contributed by atoms with E-state index in [4.69, 9.17) is 71.3 Å². The molecule has 1 amide bonds. The summed E-state index contributed by atoms with van der Waals surface area (Å²) in [7, 11) is 7.77. The topological polar surface area (TPSA) is 319 Å². The van der Waals surface area contributed by atoms with Crippen LogP contribution in [0.1, 0.15) is 192 Å². The number of rotatable bonds is 57. The summed E-state index contributed by atoms with van der Waals surface area (Å²) in [6.45, 7) is 29.1. The molecule has 0 bridgehead atoms. The van der Waals surface area contributed by atoms with Crippen LogP contribution in [0, 0.1) is 33.6 Å². The van der Waals surface area contributed by atoms with Gasteiger partial charge in [-0.3, -0.25) is 38.4 Å². The van der Waals surface area contributed by atoms with Gasteiger partial charge in [-0.25, -0.2) is 16.4 Å². The molecule has 1 aromatic rings. The highest BCUT2D eigenvalue weighted by atomic mass is 33.1. The normalized spacial score (nSPS) is 15.8. The highest BCUT2D eigenvalue weighted by Gasteiger charge is 2.57. The van der Waals surface area contributed by atoms with Crippen molar-refractivity contribution in [3.05, 3.63) is 35.8 Å². The van der Waals surface area contributed by atoms with Crippen LogP contribution < -0.4 is 5.32 Å². The first-order valence-electron chi connectivity index (χ1n) is 35.0. The molecule has 582 valence electrons. The Morgan fingerprint density at radius 1 is 0.588 bits per heavy atom. The summed E-state index contributed by atoms with van der Waals surface area (Å²) >= 11 is 8.12. The van der Waals surface area contributed by atoms with Gasteiger partial charge in [0.05, 0.1) is 79.7 Å². The number of thiocarbonyl (C=S) groups is 1. The van der Waals surface area contributed by atoms with Gasteiger partial charge in [0.15, 0.2) is 0 Å². The number of carboxylic acids is 2. The second-order valence-corrected chi connectivity index (χ2v) is 34.7. The SMILES string of the molecule is [C-]#[N+]C(C)(CCC(=O)CCCOCCOCCC(=O)O)CC(C)(CC(C)(CC(C)(CC(C)(CCC(C)(CCC(CCC)(SC(=S)SCC)C(=O)O)C(=O)OCCCC)C(=O)OCCN(C)C)C(=O)OCCOC)C(=O)OCCOCCNC(=O)OC(C)(C)C)C(=O)OCCSSc1ccccn1. The summed E-state index contributed by atoms with van der Waals surface area (Å²) in [5.41, 5.74) is -11.0. The van der Waals surface area contributed by atoms with E-state index in [0.29, 0.717) is 47.3 Å². The number of carbonyl (C=O) groups is 9. The molecule has 0 aliphatic heterocycles. The molecule has 1 heterocycles. The van der Waals surface area contributed by atoms with Gasteiger partial charge in [0.2, 0.25) is 5.54 Å². The molecule has 0 fully saturated rings. The predicted octanol–water partition coefficient (Wildman–Crippen LogP) is 12.9. The number of hydrogen-bond donors (Lipinski definition) is 3. The number of Topliss-reactive ketones (excluding diaryl/α,β-unsaturated/α-hetero) is 1. The number of hydrogen-bond acceptors (Lipinski definition) is 26. The predicted molar refractivity (Wildman–Crippen MR) is 401 cm³/mol. The number of nitrogens with zero attached hydrogens (tertiary/aromatic N) is 3. The van der Waals surface area contributed by atoms with E-state index in [1.54, 1.807) is 81.7 Å². The van der Waals surface area contributed by atoms with E-state index in [0.717, 1.165) is 16.8 Å². The van der Waals surface area contributed by atoms with Crippen molar-refractivity contribution in [1.82, 2.24) is 15.2 Å². The Hall–Kier alpha value is -4.84. The van der Waals surface area contributed by atoms with Crippen molar-refractivity contribution in [3.63, 3.8) is 0 Å². The fourth-order valence-electron chi connectivity index (χ4n) is 11.7. The first-order valence-corrected chi connectivity index (χ1v) is 39.5. The molecule has 0 aromatic carbocycles. The molecule has 7 atom stereocenters. The van der Waals surface area contributed by atoms with Crippen LogP contribution in [-0.4, -0.2) is 218 Å². The van der Waals surface area contributed by atoms with Gasteiger partial charge in [0.25, 0.3) is 0 Å². The maximum atomic E-state index is 15.6. The molecular formula is C72H118N4O21S5. The van der Waals surface area contributed by atoms with E-state index >= 15 is 19.2 Å². The van der Waals surface area contributed by atoms with Crippen molar-refractivity contribution in [3.8, 4) is 0 Å². The summed E-state index contributed by atoms with van der Waals surface area (Å²) in [5.74, 6) is -5.29. The number of alkyl carbamates (subject to hydrolysis) is 1. The minimum atomic E-state index is -1.94. The highest BCUT2D eigenvalue weighted by Crippen LogP contribution is 2.53. The Morgan fingerprint density at radius 2 is 1.13 bits per heavy atom. The van der Waals surface area contributed by atoms with Gasteiger partial charge in [0.1, 0.15) is 51.1 Å². The van der Waals surface area contributed by atoms with Crippen molar-refractivity contribution in [1.29, 1.82) is 0 Å². The van der Waals surface area contributed by atoms with Crippen LogP contribution in [0.15, 0.2) is 29.4 Å². The lowest BCUT2D eigenvalue weighted by Crippen LogP contribution is -2.49. The molecule has 0 aliphatic rings. The minimum Gasteiger partial charge on any atom is -0.481 e. The van der Waals surface area contributed by atoms with Crippen molar-refractivity contribution in [2.24, 2.45) is 27.1 Å². The molecule has 0 radical (unpaired) electrons. The molecule has 0 saturated carbocycles. The minimum absolute atomic E-state index is 0.00743. The third-order valence-corrected chi connectivity index (χ3v) is 21.9. The van der Waals surface area contributed by atoms with Gasteiger partial charge in [-0.05, 0) is 162 Å². The first-order chi connectivity index (χ1) is 47.9. The average molecular weight is 1540 g/mol. The van der Waals surface area contributed by atoms with Crippen LogP contribution in [0.25, 0.3) is 4.85 Å². The van der Waals surface area contributed by atoms with Crippen molar-refractivity contribution in [2.45, 2.75) is 213 Å². The third-order valence-electron chi connectivity index (χ3n) is 16.8. The van der Waals surface area contributed by atoms with E-state index in [1.165, 1.54) is 47.4 Å². The standard InChI is InChI=1S/C72H118N4O21S5/c1-17-20-38-92-58(82)66(7,32-33-72(28-18-2,57(80)81)101-64(98)99-19-3)30-31-67(8,59(83)93-41-36-76(14)15)50-68(9,60(84)94-46-42-88-16)51-69(10,61(85)95-47-45-91-40-35-75-63(87)97-65(4,5)6)52-70(11,62(86)96-48-49-100-102-55-25-21-22-34-74-55)53-71(12,73-13)29-26-54(77)24-23-37-89-43-44-90-39-27-56(78)79/h21-22,25,34H,17-20,23-24,26-33,35-53H2,1-12,14-16H3,(H,75,87)(H,78,79)(H,80,81). The Kier molecular flexibility index (Phi) is 45.8. The molecule has 3 N–H and O–H groups in total. The third kappa shape index (κ3) is 37.9. The number of aromatic nitrogens is 1. The number of ether oxygens (including phenoxy) is 10. The van der Waals surface area contributed by atoms with Gasteiger partial charge >= 0.3 is 47.9 Å². The Bertz CT molecular complexity index is 2800. The molecule has 0 spiro atoms.